The highest BCUT2D eigenvalue weighted by molar-refractivity contribution is 5.81. The monoisotopic (exact) mass is 213 g/mol. The van der Waals surface area contributed by atoms with Crippen molar-refractivity contribution in [2.24, 2.45) is 0 Å². The Hall–Kier alpha value is -1.70. The first kappa shape index (κ1) is 10.8. The number of aromatic nitrogens is 1. The van der Waals surface area contributed by atoms with E-state index in [1.54, 1.807) is 6.92 Å². The first-order valence-corrected chi connectivity index (χ1v) is 5.59. The third kappa shape index (κ3) is 2.45. The fourth-order valence-corrected chi connectivity index (χ4v) is 1.90. The van der Waals surface area contributed by atoms with Gasteiger partial charge in [0.05, 0.1) is 5.52 Å². The largest absolute Gasteiger partial charge is 0.300 e. The van der Waals surface area contributed by atoms with E-state index in [1.807, 2.05) is 18.3 Å². The van der Waals surface area contributed by atoms with Crippen molar-refractivity contribution in [1.82, 2.24) is 4.98 Å². The van der Waals surface area contributed by atoms with Gasteiger partial charge in [0.1, 0.15) is 5.78 Å². The van der Waals surface area contributed by atoms with Crippen molar-refractivity contribution in [3.63, 3.8) is 0 Å². The lowest BCUT2D eigenvalue weighted by molar-refractivity contribution is -0.117. The van der Waals surface area contributed by atoms with Crippen molar-refractivity contribution in [2.45, 2.75) is 26.2 Å². The van der Waals surface area contributed by atoms with Gasteiger partial charge in [-0.1, -0.05) is 24.3 Å². The van der Waals surface area contributed by atoms with Gasteiger partial charge in [-0.05, 0) is 31.4 Å². The highest BCUT2D eigenvalue weighted by Gasteiger charge is 2.02. The van der Waals surface area contributed by atoms with E-state index in [-0.39, 0.29) is 5.78 Å². The molecule has 0 saturated heterocycles. The van der Waals surface area contributed by atoms with E-state index in [9.17, 15) is 4.79 Å². The summed E-state index contributed by atoms with van der Waals surface area (Å²) in [5.41, 5.74) is 2.30. The molecule has 0 saturated carbocycles. The third-order valence-electron chi connectivity index (χ3n) is 2.69. The lowest BCUT2D eigenvalue weighted by Crippen LogP contribution is -1.94. The van der Waals surface area contributed by atoms with E-state index in [0.29, 0.717) is 6.42 Å². The van der Waals surface area contributed by atoms with Gasteiger partial charge < -0.3 is 4.79 Å². The summed E-state index contributed by atoms with van der Waals surface area (Å²) in [6.07, 6.45) is 4.30. The molecule has 0 aliphatic rings. The van der Waals surface area contributed by atoms with E-state index in [2.05, 4.69) is 23.2 Å². The van der Waals surface area contributed by atoms with Crippen molar-refractivity contribution in [2.75, 3.05) is 0 Å². The molecule has 0 bridgehead atoms. The van der Waals surface area contributed by atoms with Gasteiger partial charge in [-0.2, -0.15) is 0 Å². The second-order valence-corrected chi connectivity index (χ2v) is 4.05. The topological polar surface area (TPSA) is 30.0 Å². The number of ketones is 1. The Morgan fingerprint density at radius 1 is 1.25 bits per heavy atom. The number of hydrogen-bond donors (Lipinski definition) is 0. The second kappa shape index (κ2) is 4.88. The second-order valence-electron chi connectivity index (χ2n) is 4.05. The molecule has 0 aliphatic carbocycles. The van der Waals surface area contributed by atoms with Crippen molar-refractivity contribution in [1.29, 1.82) is 0 Å². The number of carbonyl (C=O) groups excluding carboxylic acids is 1. The first-order chi connectivity index (χ1) is 7.77. The molecule has 0 unspecified atom stereocenters. The number of nitrogens with zero attached hydrogens (tertiary/aromatic N) is 1. The van der Waals surface area contributed by atoms with Gasteiger partial charge in [0.15, 0.2) is 0 Å². The van der Waals surface area contributed by atoms with Crippen molar-refractivity contribution in [3.8, 4) is 0 Å². The molecule has 0 spiro atoms. The average Bonchev–Trinajstić information content (AvgIpc) is 2.29. The molecule has 2 aromatic rings. The zero-order valence-corrected chi connectivity index (χ0v) is 9.44. The molecule has 0 fully saturated rings. The standard InChI is InChI=1S/C14H15NO/c1-11(16)5-2-6-12-7-3-8-13-9-4-10-15-14(12)13/h3-4,7-10H,2,5-6H2,1H3. The lowest BCUT2D eigenvalue weighted by Gasteiger charge is -2.04. The Labute approximate surface area is 95.3 Å². The number of para-hydroxylation sites is 1. The maximum absolute atomic E-state index is 10.9. The Morgan fingerprint density at radius 3 is 2.88 bits per heavy atom. The summed E-state index contributed by atoms with van der Waals surface area (Å²) in [5.74, 6) is 0.258. The molecule has 0 atom stereocenters. The van der Waals surface area contributed by atoms with E-state index in [4.69, 9.17) is 0 Å². The quantitative estimate of drug-likeness (QED) is 0.781. The molecule has 1 aromatic carbocycles. The molecule has 2 heteroatoms. The third-order valence-corrected chi connectivity index (χ3v) is 2.69. The van der Waals surface area contributed by atoms with Gasteiger partial charge in [0.25, 0.3) is 0 Å². The molecule has 1 aromatic heterocycles. The van der Waals surface area contributed by atoms with Gasteiger partial charge in [0.2, 0.25) is 0 Å². The summed E-state index contributed by atoms with van der Waals surface area (Å²) in [7, 11) is 0. The van der Waals surface area contributed by atoms with Crippen LogP contribution in [0.5, 0.6) is 0 Å². The van der Waals surface area contributed by atoms with Crippen molar-refractivity contribution < 1.29 is 4.79 Å². The normalized spacial score (nSPS) is 10.6. The molecule has 2 nitrogen and oxygen atoms in total. The number of Topliss-reactive ketones (excluding diaryl/α,β-unsaturated/α-hetero) is 1. The van der Waals surface area contributed by atoms with Crippen LogP contribution in [-0.4, -0.2) is 10.8 Å². The van der Waals surface area contributed by atoms with Gasteiger partial charge in [-0.25, -0.2) is 0 Å². The Morgan fingerprint density at radius 2 is 2.06 bits per heavy atom. The van der Waals surface area contributed by atoms with Gasteiger partial charge >= 0.3 is 0 Å². The molecule has 82 valence electrons. The number of pyridine rings is 1. The van der Waals surface area contributed by atoms with Crippen LogP contribution in [0.4, 0.5) is 0 Å². The van der Waals surface area contributed by atoms with Crippen LogP contribution in [0.25, 0.3) is 10.9 Å². The highest BCUT2D eigenvalue weighted by Crippen LogP contribution is 2.17. The van der Waals surface area contributed by atoms with Crippen LogP contribution in [0.2, 0.25) is 0 Å². The number of aryl methyl sites for hydroxylation is 1. The van der Waals surface area contributed by atoms with E-state index < -0.39 is 0 Å². The summed E-state index contributed by atoms with van der Waals surface area (Å²) in [5, 5.41) is 1.17. The minimum atomic E-state index is 0.258. The molecule has 0 aliphatic heterocycles. The summed E-state index contributed by atoms with van der Waals surface area (Å²) in [6.45, 7) is 1.64. The number of rotatable bonds is 4. The summed E-state index contributed by atoms with van der Waals surface area (Å²) >= 11 is 0. The molecule has 2 rings (SSSR count). The molecule has 1 heterocycles. The van der Waals surface area contributed by atoms with Gasteiger partial charge in [-0.15, -0.1) is 0 Å². The Balaban J connectivity index is 2.20. The smallest absolute Gasteiger partial charge is 0.129 e. The van der Waals surface area contributed by atoms with Crippen LogP contribution < -0.4 is 0 Å². The van der Waals surface area contributed by atoms with Gasteiger partial charge in [-0.3, -0.25) is 4.98 Å². The minimum absolute atomic E-state index is 0.258. The molecular weight excluding hydrogens is 198 g/mol. The van der Waals surface area contributed by atoms with Crippen LogP contribution in [0.1, 0.15) is 25.3 Å². The number of hydrogen-bond acceptors (Lipinski definition) is 2. The van der Waals surface area contributed by atoms with Crippen molar-refractivity contribution in [3.05, 3.63) is 42.1 Å². The predicted octanol–water partition coefficient (Wildman–Crippen LogP) is 3.15. The van der Waals surface area contributed by atoms with E-state index >= 15 is 0 Å². The summed E-state index contributed by atoms with van der Waals surface area (Å²) in [4.78, 5) is 15.3. The summed E-state index contributed by atoms with van der Waals surface area (Å²) in [6, 6.07) is 10.2. The fraction of sp³-hybridized carbons (Fsp3) is 0.286. The maximum atomic E-state index is 10.9. The number of benzene rings is 1. The van der Waals surface area contributed by atoms with Crippen LogP contribution in [0, 0.1) is 0 Å². The maximum Gasteiger partial charge on any atom is 0.129 e. The fourth-order valence-electron chi connectivity index (χ4n) is 1.90. The van der Waals surface area contributed by atoms with Crippen LogP contribution >= 0.6 is 0 Å². The predicted molar refractivity (Wildman–Crippen MR) is 65.4 cm³/mol. The van der Waals surface area contributed by atoms with Crippen LogP contribution in [0.3, 0.4) is 0 Å². The Kier molecular flexibility index (Phi) is 3.30. The molecule has 0 N–H and O–H groups in total. The molecule has 0 amide bonds. The van der Waals surface area contributed by atoms with Crippen LogP contribution in [0.15, 0.2) is 36.5 Å². The Bertz CT molecular complexity index is 500. The first-order valence-electron chi connectivity index (χ1n) is 5.59. The van der Waals surface area contributed by atoms with E-state index in [1.165, 1.54) is 10.9 Å². The zero-order valence-electron chi connectivity index (χ0n) is 9.44. The molecule has 0 radical (unpaired) electrons. The minimum Gasteiger partial charge on any atom is -0.300 e. The van der Waals surface area contributed by atoms with Gasteiger partial charge in [0, 0.05) is 18.0 Å². The summed E-state index contributed by atoms with van der Waals surface area (Å²) < 4.78 is 0. The average molecular weight is 213 g/mol. The van der Waals surface area contributed by atoms with E-state index in [0.717, 1.165) is 18.4 Å². The number of fused-ring (bicyclic) bond motifs is 1. The zero-order chi connectivity index (χ0) is 11.4. The highest BCUT2D eigenvalue weighted by atomic mass is 16.1. The number of carbonyl (C=O) groups is 1. The molecular formula is C14H15NO. The van der Waals surface area contributed by atoms with Crippen LogP contribution in [-0.2, 0) is 11.2 Å². The van der Waals surface area contributed by atoms with Crippen molar-refractivity contribution >= 4 is 16.7 Å². The SMILES string of the molecule is CC(=O)CCCc1cccc2cccnc12. The lowest BCUT2D eigenvalue weighted by atomic mass is 10.0. The molecule has 16 heavy (non-hydrogen) atoms.